The molecule has 0 saturated carbocycles. The van der Waals surface area contributed by atoms with E-state index in [2.05, 4.69) is 19.9 Å². The molecule has 8 nitrogen and oxygen atoms in total. The number of aromatic amines is 2. The van der Waals surface area contributed by atoms with Crippen molar-refractivity contribution in [1.82, 2.24) is 19.9 Å². The lowest BCUT2D eigenvalue weighted by Gasteiger charge is -2.21. The summed E-state index contributed by atoms with van der Waals surface area (Å²) in [7, 11) is 0. The molecule has 0 saturated heterocycles. The Bertz CT molecular complexity index is 1180. The minimum absolute atomic E-state index is 0.139. The van der Waals surface area contributed by atoms with Crippen LogP contribution in [0.25, 0.3) is 11.0 Å². The van der Waals surface area contributed by atoms with Crippen LogP contribution in [0.3, 0.4) is 0 Å². The largest absolute Gasteiger partial charge is 0.364 e. The number of anilines is 2. The topological polar surface area (TPSA) is 121 Å². The van der Waals surface area contributed by atoms with Crippen molar-refractivity contribution in [2.75, 3.05) is 4.90 Å². The summed E-state index contributed by atoms with van der Waals surface area (Å²) < 4.78 is 14.0. The highest BCUT2D eigenvalue weighted by Gasteiger charge is 2.29. The van der Waals surface area contributed by atoms with Crippen LogP contribution in [0.2, 0.25) is 0 Å². The average Bonchev–Trinajstić information content (AvgIpc) is 3.31. The predicted molar refractivity (Wildman–Crippen MR) is 101 cm³/mol. The number of carbonyl (C=O) groups is 2. The van der Waals surface area contributed by atoms with Crippen molar-refractivity contribution in [1.29, 1.82) is 0 Å². The molecule has 4 aromatic rings. The van der Waals surface area contributed by atoms with E-state index in [0.717, 1.165) is 0 Å². The Morgan fingerprint density at radius 1 is 1.18 bits per heavy atom. The summed E-state index contributed by atoms with van der Waals surface area (Å²) in [4.78, 5) is 40.1. The Balaban J connectivity index is 1.93. The molecular weight excluding hydrogens is 363 g/mol. The minimum atomic E-state index is -0.832. The van der Waals surface area contributed by atoms with Crippen molar-refractivity contribution >= 4 is 34.5 Å². The number of carbonyl (C=O) groups excluding carboxylic acids is 2. The summed E-state index contributed by atoms with van der Waals surface area (Å²) >= 11 is 0. The van der Waals surface area contributed by atoms with E-state index in [0.29, 0.717) is 16.6 Å². The number of rotatable bonds is 4. The van der Waals surface area contributed by atoms with Gasteiger partial charge in [-0.1, -0.05) is 18.2 Å². The normalized spacial score (nSPS) is 10.9. The molecule has 0 bridgehead atoms. The first-order valence-electron chi connectivity index (χ1n) is 8.34. The molecule has 28 heavy (non-hydrogen) atoms. The zero-order valence-electron chi connectivity index (χ0n) is 14.7. The van der Waals surface area contributed by atoms with Crippen LogP contribution < -0.4 is 10.6 Å². The Morgan fingerprint density at radius 3 is 2.71 bits per heavy atom. The Kier molecular flexibility index (Phi) is 4.11. The standard InChI is InChI=1S/C19H15FN6O2/c1-10-6-7-11(20)8-14(10)26(18(28)16-15(17(21)27)22-9-23-16)19-24-12-4-2-3-5-13(12)25-19/h2-9H,1H3,(H2,21,27)(H,22,23)(H,24,25). The third-order valence-electron chi connectivity index (χ3n) is 4.29. The van der Waals surface area contributed by atoms with Crippen molar-refractivity contribution < 1.29 is 14.0 Å². The lowest BCUT2D eigenvalue weighted by molar-refractivity contribution is 0.0961. The Morgan fingerprint density at radius 2 is 1.96 bits per heavy atom. The van der Waals surface area contributed by atoms with Crippen LogP contribution in [0, 0.1) is 12.7 Å². The van der Waals surface area contributed by atoms with Gasteiger partial charge in [0.15, 0.2) is 5.69 Å². The minimum Gasteiger partial charge on any atom is -0.364 e. The number of benzene rings is 2. The Hall–Kier alpha value is -4.01. The van der Waals surface area contributed by atoms with Gasteiger partial charge in [0.2, 0.25) is 5.95 Å². The van der Waals surface area contributed by atoms with Gasteiger partial charge in [-0.2, -0.15) is 0 Å². The number of imidazole rings is 2. The Labute approximate surface area is 158 Å². The summed E-state index contributed by atoms with van der Waals surface area (Å²) in [6.45, 7) is 1.73. The number of aromatic nitrogens is 4. The smallest absolute Gasteiger partial charge is 0.286 e. The maximum atomic E-state index is 14.0. The molecule has 0 aliphatic rings. The van der Waals surface area contributed by atoms with Crippen molar-refractivity contribution in [3.05, 3.63) is 71.6 Å². The van der Waals surface area contributed by atoms with Gasteiger partial charge in [-0.05, 0) is 36.8 Å². The number of H-pyrrole nitrogens is 2. The summed E-state index contributed by atoms with van der Waals surface area (Å²) in [6, 6.07) is 11.3. The molecule has 140 valence electrons. The first kappa shape index (κ1) is 17.4. The predicted octanol–water partition coefficient (Wildman–Crippen LogP) is 2.81. The van der Waals surface area contributed by atoms with E-state index < -0.39 is 17.6 Å². The number of halogens is 1. The first-order chi connectivity index (χ1) is 13.5. The quantitative estimate of drug-likeness (QED) is 0.505. The number of nitrogens with two attached hydrogens (primary N) is 1. The molecule has 9 heteroatoms. The number of nitrogens with zero attached hydrogens (tertiary/aromatic N) is 3. The molecule has 0 radical (unpaired) electrons. The molecule has 0 aliphatic heterocycles. The van der Waals surface area contributed by atoms with E-state index >= 15 is 0 Å². The maximum absolute atomic E-state index is 14.0. The summed E-state index contributed by atoms with van der Waals surface area (Å²) in [5.41, 5.74) is 7.22. The molecule has 2 heterocycles. The van der Waals surface area contributed by atoms with Crippen LogP contribution >= 0.6 is 0 Å². The van der Waals surface area contributed by atoms with Crippen molar-refractivity contribution in [2.45, 2.75) is 6.92 Å². The number of para-hydroxylation sites is 2. The highest BCUT2D eigenvalue weighted by molar-refractivity contribution is 6.14. The van der Waals surface area contributed by atoms with Crippen LogP contribution in [-0.4, -0.2) is 31.8 Å². The highest BCUT2D eigenvalue weighted by Crippen LogP contribution is 2.30. The van der Waals surface area contributed by atoms with Gasteiger partial charge in [0.1, 0.15) is 11.5 Å². The van der Waals surface area contributed by atoms with E-state index in [-0.39, 0.29) is 23.0 Å². The van der Waals surface area contributed by atoms with Gasteiger partial charge in [0.25, 0.3) is 11.8 Å². The fourth-order valence-electron chi connectivity index (χ4n) is 2.94. The van der Waals surface area contributed by atoms with Crippen molar-refractivity contribution in [2.24, 2.45) is 5.73 Å². The van der Waals surface area contributed by atoms with E-state index in [1.807, 2.05) is 12.1 Å². The molecule has 4 N–H and O–H groups in total. The number of amides is 2. The maximum Gasteiger partial charge on any atom is 0.286 e. The number of aryl methyl sites for hydroxylation is 1. The third kappa shape index (κ3) is 2.88. The average molecular weight is 378 g/mol. The zero-order chi connectivity index (χ0) is 19.8. The van der Waals surface area contributed by atoms with Gasteiger partial charge in [-0.15, -0.1) is 0 Å². The number of fused-ring (bicyclic) bond motifs is 1. The van der Waals surface area contributed by atoms with Crippen LogP contribution in [0.15, 0.2) is 48.8 Å². The van der Waals surface area contributed by atoms with Crippen molar-refractivity contribution in [3.8, 4) is 0 Å². The van der Waals surface area contributed by atoms with Crippen molar-refractivity contribution in [3.63, 3.8) is 0 Å². The number of nitrogens with one attached hydrogen (secondary N) is 2. The van der Waals surface area contributed by atoms with Crippen LogP contribution in [0.1, 0.15) is 26.5 Å². The van der Waals surface area contributed by atoms with E-state index in [1.165, 1.54) is 23.4 Å². The second-order valence-electron chi connectivity index (χ2n) is 6.14. The molecule has 2 amide bonds. The number of primary amides is 1. The van der Waals surface area contributed by atoms with Crippen LogP contribution in [-0.2, 0) is 0 Å². The molecular formula is C19H15FN6O2. The lowest BCUT2D eigenvalue weighted by atomic mass is 10.1. The fourth-order valence-corrected chi connectivity index (χ4v) is 2.94. The molecule has 0 aliphatic carbocycles. The molecule has 0 unspecified atom stereocenters. The number of hydrogen-bond donors (Lipinski definition) is 3. The summed E-state index contributed by atoms with van der Waals surface area (Å²) in [5.74, 6) is -1.87. The van der Waals surface area contributed by atoms with Crippen LogP contribution in [0.4, 0.5) is 16.0 Å². The summed E-state index contributed by atoms with van der Waals surface area (Å²) in [5, 5.41) is 0. The summed E-state index contributed by atoms with van der Waals surface area (Å²) in [6.07, 6.45) is 1.20. The van der Waals surface area contributed by atoms with Gasteiger partial charge in [-0.3, -0.25) is 9.59 Å². The first-order valence-corrected chi connectivity index (χ1v) is 8.34. The van der Waals surface area contributed by atoms with Gasteiger partial charge in [0, 0.05) is 0 Å². The van der Waals surface area contributed by atoms with E-state index in [1.54, 1.807) is 25.1 Å². The second kappa shape index (κ2) is 6.62. The zero-order valence-corrected chi connectivity index (χ0v) is 14.7. The third-order valence-corrected chi connectivity index (χ3v) is 4.29. The van der Waals surface area contributed by atoms with Gasteiger partial charge in [-0.25, -0.2) is 19.3 Å². The lowest BCUT2D eigenvalue weighted by Crippen LogP contribution is -2.30. The van der Waals surface area contributed by atoms with Crippen LogP contribution in [0.5, 0.6) is 0 Å². The SMILES string of the molecule is Cc1ccc(F)cc1N(C(=O)c1nc[nH]c1C(N)=O)c1nc2ccccc2[nH]1. The molecule has 2 aromatic heterocycles. The second-order valence-corrected chi connectivity index (χ2v) is 6.14. The highest BCUT2D eigenvalue weighted by atomic mass is 19.1. The van der Waals surface area contributed by atoms with E-state index in [4.69, 9.17) is 5.73 Å². The van der Waals surface area contributed by atoms with Gasteiger partial charge in [0.05, 0.1) is 23.0 Å². The number of hydrogen-bond acceptors (Lipinski definition) is 4. The molecule has 0 atom stereocenters. The molecule has 0 fully saturated rings. The molecule has 2 aromatic carbocycles. The van der Waals surface area contributed by atoms with E-state index in [9.17, 15) is 14.0 Å². The molecule has 0 spiro atoms. The van der Waals surface area contributed by atoms with Gasteiger partial charge >= 0.3 is 0 Å². The fraction of sp³-hybridized carbons (Fsp3) is 0.0526. The monoisotopic (exact) mass is 378 g/mol. The molecule has 4 rings (SSSR count). The van der Waals surface area contributed by atoms with Gasteiger partial charge < -0.3 is 15.7 Å².